The summed E-state index contributed by atoms with van der Waals surface area (Å²) in [6, 6.07) is 9.67. The molecule has 0 unspecified atom stereocenters. The van der Waals surface area contributed by atoms with Gasteiger partial charge in [0.2, 0.25) is 0 Å². The van der Waals surface area contributed by atoms with Crippen molar-refractivity contribution < 1.29 is 4.74 Å². The summed E-state index contributed by atoms with van der Waals surface area (Å²) in [5.41, 5.74) is 1.76. The largest absolute Gasteiger partial charge is 0.383 e. The SMILES string of the molecule is COCCN(C)c1cnn(Cc2ccc(I)cc2)c(=O)c1. The van der Waals surface area contributed by atoms with Crippen LogP contribution in [0.5, 0.6) is 0 Å². The Morgan fingerprint density at radius 1 is 1.33 bits per heavy atom. The van der Waals surface area contributed by atoms with Crippen molar-refractivity contribution in [3.8, 4) is 0 Å². The molecule has 0 bridgehead atoms. The molecular formula is C15H18IN3O2. The van der Waals surface area contributed by atoms with E-state index in [9.17, 15) is 4.79 Å². The van der Waals surface area contributed by atoms with Gasteiger partial charge in [-0.15, -0.1) is 0 Å². The fourth-order valence-electron chi connectivity index (χ4n) is 1.87. The van der Waals surface area contributed by atoms with Crippen molar-refractivity contribution in [2.75, 3.05) is 32.2 Å². The monoisotopic (exact) mass is 399 g/mol. The lowest BCUT2D eigenvalue weighted by Crippen LogP contribution is -2.27. The van der Waals surface area contributed by atoms with Crippen molar-refractivity contribution in [2.24, 2.45) is 0 Å². The molecule has 0 atom stereocenters. The van der Waals surface area contributed by atoms with Crippen LogP contribution in [0.4, 0.5) is 5.69 Å². The van der Waals surface area contributed by atoms with Crippen LogP contribution in [0, 0.1) is 3.57 Å². The van der Waals surface area contributed by atoms with E-state index in [2.05, 4.69) is 27.7 Å². The molecule has 0 aliphatic rings. The molecule has 1 aromatic carbocycles. The van der Waals surface area contributed by atoms with Crippen molar-refractivity contribution in [1.82, 2.24) is 9.78 Å². The van der Waals surface area contributed by atoms with Gasteiger partial charge in [0.15, 0.2) is 0 Å². The smallest absolute Gasteiger partial charge is 0.269 e. The molecule has 0 saturated heterocycles. The summed E-state index contributed by atoms with van der Waals surface area (Å²) in [5.74, 6) is 0. The Hall–Kier alpha value is -1.41. The Bertz CT molecular complexity index is 640. The number of benzene rings is 1. The van der Waals surface area contributed by atoms with Gasteiger partial charge in [-0.25, -0.2) is 4.68 Å². The van der Waals surface area contributed by atoms with Gasteiger partial charge in [-0.2, -0.15) is 5.10 Å². The molecule has 1 heterocycles. The zero-order chi connectivity index (χ0) is 15.2. The summed E-state index contributed by atoms with van der Waals surface area (Å²) in [7, 11) is 3.57. The van der Waals surface area contributed by atoms with Gasteiger partial charge in [0.05, 0.1) is 25.0 Å². The van der Waals surface area contributed by atoms with Crippen LogP contribution < -0.4 is 10.5 Å². The van der Waals surface area contributed by atoms with Crippen LogP contribution in [0.3, 0.4) is 0 Å². The third-order valence-corrected chi connectivity index (χ3v) is 3.89. The first-order valence-electron chi connectivity index (χ1n) is 6.62. The predicted molar refractivity (Wildman–Crippen MR) is 91.9 cm³/mol. The maximum absolute atomic E-state index is 12.1. The van der Waals surface area contributed by atoms with Crippen LogP contribution in [0.15, 0.2) is 41.3 Å². The van der Waals surface area contributed by atoms with Crippen molar-refractivity contribution in [1.29, 1.82) is 0 Å². The van der Waals surface area contributed by atoms with E-state index >= 15 is 0 Å². The molecule has 0 N–H and O–H groups in total. The molecular weight excluding hydrogens is 381 g/mol. The molecule has 0 radical (unpaired) electrons. The van der Waals surface area contributed by atoms with Crippen molar-refractivity contribution in [2.45, 2.75) is 6.54 Å². The van der Waals surface area contributed by atoms with E-state index in [4.69, 9.17) is 4.74 Å². The summed E-state index contributed by atoms with van der Waals surface area (Å²) in [6.07, 6.45) is 1.71. The van der Waals surface area contributed by atoms with Gasteiger partial charge >= 0.3 is 0 Å². The van der Waals surface area contributed by atoms with Crippen LogP contribution in [-0.4, -0.2) is 37.1 Å². The minimum atomic E-state index is -0.102. The number of rotatable bonds is 6. The van der Waals surface area contributed by atoms with Gasteiger partial charge in [-0.3, -0.25) is 4.79 Å². The van der Waals surface area contributed by atoms with Gasteiger partial charge in [0, 0.05) is 30.3 Å². The van der Waals surface area contributed by atoms with Gasteiger partial charge in [0.1, 0.15) is 0 Å². The highest BCUT2D eigenvalue weighted by Gasteiger charge is 2.05. The summed E-state index contributed by atoms with van der Waals surface area (Å²) in [6.45, 7) is 1.82. The van der Waals surface area contributed by atoms with E-state index < -0.39 is 0 Å². The number of anilines is 1. The number of aromatic nitrogens is 2. The number of halogens is 1. The van der Waals surface area contributed by atoms with Crippen LogP contribution in [0.2, 0.25) is 0 Å². The average Bonchev–Trinajstić information content (AvgIpc) is 2.49. The molecule has 2 aromatic rings. The Balaban J connectivity index is 2.12. The molecule has 21 heavy (non-hydrogen) atoms. The van der Waals surface area contributed by atoms with Crippen LogP contribution in [0.25, 0.3) is 0 Å². The average molecular weight is 399 g/mol. The highest BCUT2D eigenvalue weighted by atomic mass is 127. The lowest BCUT2D eigenvalue weighted by atomic mass is 10.2. The zero-order valence-electron chi connectivity index (χ0n) is 12.1. The summed E-state index contributed by atoms with van der Waals surface area (Å²) in [5, 5.41) is 4.24. The highest BCUT2D eigenvalue weighted by Crippen LogP contribution is 2.09. The van der Waals surface area contributed by atoms with Crippen LogP contribution in [0.1, 0.15) is 5.56 Å². The van der Waals surface area contributed by atoms with Crippen LogP contribution in [-0.2, 0) is 11.3 Å². The molecule has 2 rings (SSSR count). The van der Waals surface area contributed by atoms with Crippen molar-refractivity contribution >= 4 is 28.3 Å². The number of ether oxygens (including phenoxy) is 1. The lowest BCUT2D eigenvalue weighted by molar-refractivity contribution is 0.206. The Morgan fingerprint density at radius 2 is 2.05 bits per heavy atom. The topological polar surface area (TPSA) is 47.4 Å². The quantitative estimate of drug-likeness (QED) is 0.698. The van der Waals surface area contributed by atoms with E-state index in [1.54, 1.807) is 19.4 Å². The molecule has 0 fully saturated rings. The van der Waals surface area contributed by atoms with Gasteiger partial charge < -0.3 is 9.64 Å². The number of likely N-dealkylation sites (N-methyl/N-ethyl adjacent to an activating group) is 1. The fourth-order valence-corrected chi connectivity index (χ4v) is 2.23. The van der Waals surface area contributed by atoms with E-state index in [1.807, 2.05) is 36.2 Å². The number of nitrogens with zero attached hydrogens (tertiary/aromatic N) is 3. The summed E-state index contributed by atoms with van der Waals surface area (Å²) >= 11 is 2.26. The van der Waals surface area contributed by atoms with Crippen molar-refractivity contribution in [3.63, 3.8) is 0 Å². The van der Waals surface area contributed by atoms with E-state index in [0.717, 1.165) is 17.8 Å². The van der Waals surface area contributed by atoms with Gasteiger partial charge in [-0.05, 0) is 40.3 Å². The normalized spacial score (nSPS) is 10.6. The Morgan fingerprint density at radius 3 is 2.67 bits per heavy atom. The zero-order valence-corrected chi connectivity index (χ0v) is 14.3. The first-order chi connectivity index (χ1) is 10.1. The second-order valence-corrected chi connectivity index (χ2v) is 6.00. The minimum absolute atomic E-state index is 0.102. The second-order valence-electron chi connectivity index (χ2n) is 4.75. The van der Waals surface area contributed by atoms with E-state index in [-0.39, 0.29) is 5.56 Å². The lowest BCUT2D eigenvalue weighted by Gasteiger charge is -2.18. The molecule has 112 valence electrons. The third kappa shape index (κ3) is 4.53. The maximum atomic E-state index is 12.1. The predicted octanol–water partition coefficient (Wildman–Crippen LogP) is 1.98. The van der Waals surface area contributed by atoms with E-state index in [0.29, 0.717) is 13.2 Å². The molecule has 0 amide bonds. The van der Waals surface area contributed by atoms with Gasteiger partial charge in [-0.1, -0.05) is 12.1 Å². The molecule has 0 saturated carbocycles. The first-order valence-corrected chi connectivity index (χ1v) is 7.69. The molecule has 5 nitrogen and oxygen atoms in total. The number of hydrogen-bond donors (Lipinski definition) is 0. The fraction of sp³-hybridized carbons (Fsp3) is 0.333. The summed E-state index contributed by atoms with van der Waals surface area (Å²) in [4.78, 5) is 14.1. The maximum Gasteiger partial charge on any atom is 0.269 e. The van der Waals surface area contributed by atoms with Gasteiger partial charge in [0.25, 0.3) is 5.56 Å². The van der Waals surface area contributed by atoms with Crippen molar-refractivity contribution in [3.05, 3.63) is 56.0 Å². The molecule has 6 heteroatoms. The highest BCUT2D eigenvalue weighted by molar-refractivity contribution is 14.1. The molecule has 1 aromatic heterocycles. The Kier molecular flexibility index (Phi) is 5.75. The number of methoxy groups -OCH3 is 1. The first kappa shape index (κ1) is 16.0. The molecule has 0 aliphatic heterocycles. The number of hydrogen-bond acceptors (Lipinski definition) is 4. The molecule has 0 aliphatic carbocycles. The molecule has 0 spiro atoms. The Labute approximate surface area is 137 Å². The third-order valence-electron chi connectivity index (χ3n) is 3.17. The minimum Gasteiger partial charge on any atom is -0.383 e. The second kappa shape index (κ2) is 7.56. The standard InChI is InChI=1S/C15H18IN3O2/c1-18(7-8-21-2)14-9-15(20)19(17-10-14)11-12-3-5-13(16)6-4-12/h3-6,9-10H,7-8,11H2,1-2H3. The summed E-state index contributed by atoms with van der Waals surface area (Å²) < 4.78 is 7.67. The van der Waals surface area contributed by atoms with Crippen LogP contribution >= 0.6 is 22.6 Å². The van der Waals surface area contributed by atoms with E-state index in [1.165, 1.54) is 8.25 Å².